The van der Waals surface area contributed by atoms with Crippen molar-refractivity contribution in [3.8, 4) is 11.8 Å². The van der Waals surface area contributed by atoms with Gasteiger partial charge in [-0.25, -0.2) is 0 Å². The molecule has 0 heterocycles. The summed E-state index contributed by atoms with van der Waals surface area (Å²) in [6.45, 7) is 7.08. The normalized spacial score (nSPS) is 5.00. The molecule has 0 aromatic carbocycles. The number of ketones is 1. The molecule has 0 bridgehead atoms. The van der Waals surface area contributed by atoms with E-state index in [1.54, 1.807) is 6.92 Å². The number of Topliss-reactive ketones (excluding diaryl/α,β-unsaturated/α-hetero) is 1. The molecule has 0 radical (unpaired) electrons. The van der Waals surface area contributed by atoms with Crippen LogP contribution in [-0.4, -0.2) is 5.78 Å². The van der Waals surface area contributed by atoms with Crippen LogP contribution in [0.4, 0.5) is 0 Å². The van der Waals surface area contributed by atoms with Crippen LogP contribution in [0.5, 0.6) is 0 Å². The van der Waals surface area contributed by atoms with E-state index in [1.165, 1.54) is 6.92 Å². The topological polar surface area (TPSA) is 17.1 Å². The number of carbonyl (C=O) groups excluding carboxylic acids is 1. The molecule has 0 spiro atoms. The second-order valence-electron chi connectivity index (χ2n) is 0.931. The molecule has 0 aliphatic rings. The minimum atomic E-state index is -0.0718. The van der Waals surface area contributed by atoms with Crippen LogP contribution < -0.4 is 0 Å². The smallest absolute Gasteiger partial charge is 0.202 e. The van der Waals surface area contributed by atoms with Gasteiger partial charge in [0.25, 0.3) is 0 Å². The summed E-state index contributed by atoms with van der Waals surface area (Å²) < 4.78 is 0. The first-order valence-electron chi connectivity index (χ1n) is 2.70. The lowest BCUT2D eigenvalue weighted by Crippen LogP contribution is -1.77. The van der Waals surface area contributed by atoms with Crippen molar-refractivity contribution in [2.24, 2.45) is 0 Å². The van der Waals surface area contributed by atoms with Gasteiger partial charge in [-0.3, -0.25) is 4.79 Å². The van der Waals surface area contributed by atoms with Crippen LogP contribution in [0.15, 0.2) is 0 Å². The summed E-state index contributed by atoms with van der Waals surface area (Å²) in [7, 11) is 0. The van der Waals surface area contributed by atoms with Gasteiger partial charge in [0.1, 0.15) is 0 Å². The minimum absolute atomic E-state index is 0.0718. The number of carbonyl (C=O) groups is 1. The maximum atomic E-state index is 9.87. The highest BCUT2D eigenvalue weighted by Gasteiger charge is 1.72. The van der Waals surface area contributed by atoms with Crippen LogP contribution in [0.1, 0.15) is 27.7 Å². The molecule has 0 rings (SSSR count). The second kappa shape index (κ2) is 9.52. The van der Waals surface area contributed by atoms with Gasteiger partial charge in [0, 0.05) is 6.92 Å². The number of hydrogen-bond donors (Lipinski definition) is 0. The molecular formula is C7H12O. The summed E-state index contributed by atoms with van der Waals surface area (Å²) in [5.41, 5.74) is 0. The van der Waals surface area contributed by atoms with Gasteiger partial charge < -0.3 is 0 Å². The lowest BCUT2D eigenvalue weighted by molar-refractivity contribution is -0.111. The van der Waals surface area contributed by atoms with Gasteiger partial charge in [0.15, 0.2) is 0 Å². The van der Waals surface area contributed by atoms with Gasteiger partial charge in [-0.15, -0.1) is 0 Å². The van der Waals surface area contributed by atoms with Crippen LogP contribution in [-0.2, 0) is 4.79 Å². The summed E-state index contributed by atoms with van der Waals surface area (Å²) in [6, 6.07) is 0. The van der Waals surface area contributed by atoms with E-state index in [-0.39, 0.29) is 5.78 Å². The zero-order valence-corrected chi connectivity index (χ0v) is 5.91. The molecule has 0 unspecified atom stereocenters. The largest absolute Gasteiger partial charge is 0.285 e. The lowest BCUT2D eigenvalue weighted by atomic mass is 10.4. The first-order valence-corrected chi connectivity index (χ1v) is 2.70. The Morgan fingerprint density at radius 1 is 1.38 bits per heavy atom. The van der Waals surface area contributed by atoms with Crippen molar-refractivity contribution in [1.82, 2.24) is 0 Å². The Morgan fingerprint density at radius 2 is 1.75 bits per heavy atom. The van der Waals surface area contributed by atoms with E-state index in [4.69, 9.17) is 0 Å². The minimum Gasteiger partial charge on any atom is -0.285 e. The average molecular weight is 112 g/mol. The summed E-state index contributed by atoms with van der Waals surface area (Å²) >= 11 is 0. The number of hydrogen-bond acceptors (Lipinski definition) is 1. The van der Waals surface area contributed by atoms with Crippen molar-refractivity contribution in [2.75, 3.05) is 0 Å². The Bertz CT molecular complexity index is 103. The Balaban J connectivity index is 0. The third-order valence-corrected chi connectivity index (χ3v) is 0.301. The van der Waals surface area contributed by atoms with Crippen LogP contribution >= 0.6 is 0 Å². The van der Waals surface area contributed by atoms with Crippen molar-refractivity contribution in [3.63, 3.8) is 0 Å². The molecule has 8 heavy (non-hydrogen) atoms. The maximum absolute atomic E-state index is 9.87. The zero-order chi connectivity index (χ0) is 6.99. The zero-order valence-electron chi connectivity index (χ0n) is 5.91. The van der Waals surface area contributed by atoms with Crippen molar-refractivity contribution in [2.45, 2.75) is 27.7 Å². The molecule has 0 amide bonds. The molecular weight excluding hydrogens is 100 g/mol. The van der Waals surface area contributed by atoms with E-state index in [2.05, 4.69) is 11.8 Å². The summed E-state index contributed by atoms with van der Waals surface area (Å²) in [4.78, 5) is 9.87. The summed E-state index contributed by atoms with van der Waals surface area (Å²) in [6.07, 6.45) is 0. The fourth-order valence-corrected chi connectivity index (χ4v) is 0.176. The highest BCUT2D eigenvalue weighted by molar-refractivity contribution is 5.93. The second-order valence-corrected chi connectivity index (χ2v) is 0.931. The first kappa shape index (κ1) is 10.3. The van der Waals surface area contributed by atoms with Gasteiger partial charge in [0.2, 0.25) is 5.78 Å². The molecule has 1 nitrogen and oxygen atoms in total. The van der Waals surface area contributed by atoms with E-state index in [0.29, 0.717) is 0 Å². The molecule has 0 saturated carbocycles. The molecule has 0 aromatic heterocycles. The molecule has 1 heteroatoms. The highest BCUT2D eigenvalue weighted by Crippen LogP contribution is 1.57. The summed E-state index contributed by atoms with van der Waals surface area (Å²) in [5.74, 6) is 4.72. The molecule has 0 N–H and O–H groups in total. The predicted molar refractivity (Wildman–Crippen MR) is 35.5 cm³/mol. The Labute approximate surface area is 51.1 Å². The monoisotopic (exact) mass is 112 g/mol. The predicted octanol–water partition coefficient (Wildman–Crippen LogP) is 1.62. The van der Waals surface area contributed by atoms with Gasteiger partial charge >= 0.3 is 0 Å². The van der Waals surface area contributed by atoms with Gasteiger partial charge in [-0.1, -0.05) is 19.8 Å². The molecule has 46 valence electrons. The first-order chi connectivity index (χ1) is 3.77. The standard InChI is InChI=1S/C5H6O.C2H6/c1-3-4-5(2)6;1-2/h1-2H3;1-2H3. The van der Waals surface area contributed by atoms with Crippen molar-refractivity contribution in [1.29, 1.82) is 0 Å². The fourth-order valence-electron chi connectivity index (χ4n) is 0.176. The average Bonchev–Trinajstić information content (AvgIpc) is 1.72. The van der Waals surface area contributed by atoms with Crippen LogP contribution in [0, 0.1) is 11.8 Å². The Morgan fingerprint density at radius 3 is 1.75 bits per heavy atom. The van der Waals surface area contributed by atoms with Crippen LogP contribution in [0.3, 0.4) is 0 Å². The third-order valence-electron chi connectivity index (χ3n) is 0.301. The van der Waals surface area contributed by atoms with Crippen LogP contribution in [0.25, 0.3) is 0 Å². The molecule has 0 aliphatic heterocycles. The van der Waals surface area contributed by atoms with Crippen molar-refractivity contribution < 1.29 is 4.79 Å². The summed E-state index contributed by atoms with van der Waals surface area (Å²) in [5, 5.41) is 0. The molecule has 0 aliphatic carbocycles. The molecule has 0 aromatic rings. The maximum Gasteiger partial charge on any atom is 0.202 e. The number of rotatable bonds is 0. The van der Waals surface area contributed by atoms with E-state index in [0.717, 1.165) is 0 Å². The lowest BCUT2D eigenvalue weighted by Gasteiger charge is -1.61. The SMILES string of the molecule is CC.CC#CC(C)=O. The quantitative estimate of drug-likeness (QED) is 0.344. The molecule has 0 atom stereocenters. The highest BCUT2D eigenvalue weighted by atomic mass is 16.1. The molecule has 0 saturated heterocycles. The Kier molecular flexibility index (Phi) is 12.2. The van der Waals surface area contributed by atoms with Crippen molar-refractivity contribution in [3.05, 3.63) is 0 Å². The fraction of sp³-hybridized carbons (Fsp3) is 0.571. The van der Waals surface area contributed by atoms with Gasteiger partial charge in [0.05, 0.1) is 0 Å². The van der Waals surface area contributed by atoms with Gasteiger partial charge in [-0.05, 0) is 12.8 Å². The van der Waals surface area contributed by atoms with Crippen molar-refractivity contribution >= 4 is 5.78 Å². The molecule has 0 fully saturated rings. The van der Waals surface area contributed by atoms with E-state index < -0.39 is 0 Å². The van der Waals surface area contributed by atoms with Crippen LogP contribution in [0.2, 0.25) is 0 Å². The van der Waals surface area contributed by atoms with E-state index in [9.17, 15) is 4.79 Å². The van der Waals surface area contributed by atoms with Gasteiger partial charge in [-0.2, -0.15) is 0 Å². The van der Waals surface area contributed by atoms with E-state index in [1.807, 2.05) is 13.8 Å². The van der Waals surface area contributed by atoms with E-state index >= 15 is 0 Å². The Hall–Kier alpha value is -0.770. The third kappa shape index (κ3) is 18.8.